The largest absolute Gasteiger partial charge is 0.380 e. The van der Waals surface area contributed by atoms with Crippen molar-refractivity contribution in [2.24, 2.45) is 0 Å². The maximum absolute atomic E-state index is 5.39. The van der Waals surface area contributed by atoms with Crippen LogP contribution in [0.1, 0.15) is 23.1 Å². The van der Waals surface area contributed by atoms with Gasteiger partial charge in [0.2, 0.25) is 0 Å². The van der Waals surface area contributed by atoms with E-state index in [0.717, 1.165) is 19.4 Å². The van der Waals surface area contributed by atoms with Crippen molar-refractivity contribution < 1.29 is 4.74 Å². The summed E-state index contributed by atoms with van der Waals surface area (Å²) in [6.07, 6.45) is 2.21. The fraction of sp³-hybridized carbons (Fsp3) is 0.222. The van der Waals surface area contributed by atoms with Crippen LogP contribution in [0.25, 0.3) is 5.57 Å². The molecule has 0 fully saturated rings. The van der Waals surface area contributed by atoms with Crippen LogP contribution in [-0.4, -0.2) is 13.7 Å². The fourth-order valence-corrected chi connectivity index (χ4v) is 2.87. The zero-order chi connectivity index (χ0) is 13.1. The molecule has 0 aromatic heterocycles. The molecule has 0 radical (unpaired) electrons. The van der Waals surface area contributed by atoms with Gasteiger partial charge in [-0.3, -0.25) is 0 Å². The summed E-state index contributed by atoms with van der Waals surface area (Å²) in [6, 6.07) is 19.4. The van der Waals surface area contributed by atoms with Crippen molar-refractivity contribution in [1.82, 2.24) is 0 Å². The maximum atomic E-state index is 5.39. The van der Waals surface area contributed by atoms with Crippen molar-refractivity contribution in [3.05, 3.63) is 76.9 Å². The van der Waals surface area contributed by atoms with Gasteiger partial charge in [0.1, 0.15) is 0 Å². The van der Waals surface area contributed by atoms with Crippen LogP contribution >= 0.6 is 0 Å². The topological polar surface area (TPSA) is 9.23 Å². The van der Waals surface area contributed by atoms with E-state index in [9.17, 15) is 0 Å². The average molecular weight is 250 g/mol. The van der Waals surface area contributed by atoms with Gasteiger partial charge in [-0.2, -0.15) is 0 Å². The quantitative estimate of drug-likeness (QED) is 0.797. The number of aryl methyl sites for hydroxylation is 1. The Labute approximate surface area is 114 Å². The van der Waals surface area contributed by atoms with Crippen molar-refractivity contribution in [3.63, 3.8) is 0 Å². The number of ether oxygens (including phenoxy) is 1. The van der Waals surface area contributed by atoms with Gasteiger partial charge < -0.3 is 4.74 Å². The number of benzene rings is 2. The maximum Gasteiger partial charge on any atom is 0.0682 e. The minimum Gasteiger partial charge on any atom is -0.380 e. The first-order chi connectivity index (χ1) is 9.40. The van der Waals surface area contributed by atoms with Crippen LogP contribution in [-0.2, 0) is 11.2 Å². The van der Waals surface area contributed by atoms with Crippen LogP contribution in [0.15, 0.2) is 60.2 Å². The Balaban J connectivity index is 2.18. The second-order valence-electron chi connectivity index (χ2n) is 4.93. The number of fused-ring (bicyclic) bond motifs is 1. The summed E-state index contributed by atoms with van der Waals surface area (Å²) in [6.45, 7) is 0.721. The third-order valence-corrected chi connectivity index (χ3v) is 3.72. The summed E-state index contributed by atoms with van der Waals surface area (Å²) in [5.74, 6) is 0. The van der Waals surface area contributed by atoms with E-state index in [1.807, 2.05) is 0 Å². The molecule has 0 unspecified atom stereocenters. The second-order valence-corrected chi connectivity index (χ2v) is 4.93. The molecule has 0 bridgehead atoms. The average Bonchev–Trinajstić information content (AvgIpc) is 2.48. The van der Waals surface area contributed by atoms with Crippen molar-refractivity contribution in [2.45, 2.75) is 12.8 Å². The first-order valence-electron chi connectivity index (χ1n) is 6.75. The minimum absolute atomic E-state index is 0.721. The molecule has 0 saturated carbocycles. The van der Waals surface area contributed by atoms with Crippen molar-refractivity contribution in [2.75, 3.05) is 13.7 Å². The molecule has 96 valence electrons. The van der Waals surface area contributed by atoms with Crippen LogP contribution < -0.4 is 0 Å². The number of hydrogen-bond donors (Lipinski definition) is 0. The lowest BCUT2D eigenvalue weighted by molar-refractivity contribution is 0.223. The summed E-state index contributed by atoms with van der Waals surface area (Å²) < 4.78 is 5.39. The molecule has 0 spiro atoms. The first kappa shape index (κ1) is 12.2. The lowest BCUT2D eigenvalue weighted by Gasteiger charge is -2.23. The third kappa shape index (κ3) is 2.34. The van der Waals surface area contributed by atoms with E-state index in [0.29, 0.717) is 0 Å². The van der Waals surface area contributed by atoms with E-state index in [2.05, 4.69) is 54.6 Å². The van der Waals surface area contributed by atoms with Crippen LogP contribution in [0.2, 0.25) is 0 Å². The van der Waals surface area contributed by atoms with Gasteiger partial charge in [-0.25, -0.2) is 0 Å². The van der Waals surface area contributed by atoms with Gasteiger partial charge in [-0.1, -0.05) is 54.6 Å². The molecule has 1 aliphatic carbocycles. The fourth-order valence-electron chi connectivity index (χ4n) is 2.87. The molecular formula is C18H18O. The normalized spacial score (nSPS) is 14.4. The van der Waals surface area contributed by atoms with Crippen LogP contribution in [0.5, 0.6) is 0 Å². The Bertz CT molecular complexity index is 596. The predicted molar refractivity (Wildman–Crippen MR) is 79.1 cm³/mol. The highest BCUT2D eigenvalue weighted by molar-refractivity contribution is 5.85. The number of rotatable bonds is 3. The summed E-state index contributed by atoms with van der Waals surface area (Å²) in [7, 11) is 1.77. The van der Waals surface area contributed by atoms with Crippen molar-refractivity contribution >= 4 is 5.57 Å². The molecule has 0 aliphatic heterocycles. The molecule has 2 aromatic carbocycles. The van der Waals surface area contributed by atoms with Gasteiger partial charge in [-0.15, -0.1) is 0 Å². The van der Waals surface area contributed by atoms with Gasteiger partial charge in [0.25, 0.3) is 0 Å². The zero-order valence-electron chi connectivity index (χ0n) is 11.2. The van der Waals surface area contributed by atoms with E-state index < -0.39 is 0 Å². The Morgan fingerprint density at radius 2 is 1.63 bits per heavy atom. The highest BCUT2D eigenvalue weighted by Gasteiger charge is 2.19. The van der Waals surface area contributed by atoms with Crippen LogP contribution in [0.3, 0.4) is 0 Å². The Kier molecular flexibility index (Phi) is 3.47. The second kappa shape index (κ2) is 5.41. The smallest absolute Gasteiger partial charge is 0.0682 e. The number of hydrogen-bond acceptors (Lipinski definition) is 1. The lowest BCUT2D eigenvalue weighted by atomic mass is 9.82. The molecule has 0 amide bonds. The molecular weight excluding hydrogens is 232 g/mol. The first-order valence-corrected chi connectivity index (χ1v) is 6.75. The molecule has 1 nitrogen and oxygen atoms in total. The van der Waals surface area contributed by atoms with Gasteiger partial charge in [0.15, 0.2) is 0 Å². The van der Waals surface area contributed by atoms with Gasteiger partial charge in [0.05, 0.1) is 6.61 Å². The minimum atomic E-state index is 0.721. The molecule has 2 aromatic rings. The third-order valence-electron chi connectivity index (χ3n) is 3.72. The molecule has 0 N–H and O–H groups in total. The van der Waals surface area contributed by atoms with E-state index in [-0.39, 0.29) is 0 Å². The van der Waals surface area contributed by atoms with E-state index >= 15 is 0 Å². The van der Waals surface area contributed by atoms with E-state index in [1.54, 1.807) is 7.11 Å². The van der Waals surface area contributed by atoms with E-state index in [1.165, 1.54) is 27.8 Å². The zero-order valence-corrected chi connectivity index (χ0v) is 11.2. The standard InChI is InChI=1S/C18H18O/c1-19-13-16-12-11-14-7-5-6-10-17(14)18(16)15-8-3-2-4-9-15/h2-10H,11-13H2,1H3. The lowest BCUT2D eigenvalue weighted by Crippen LogP contribution is -2.09. The SMILES string of the molecule is COCC1=C(c2ccccc2)c2ccccc2CC1. The van der Waals surface area contributed by atoms with Crippen LogP contribution in [0, 0.1) is 0 Å². The van der Waals surface area contributed by atoms with Crippen molar-refractivity contribution in [1.29, 1.82) is 0 Å². The predicted octanol–water partition coefficient (Wildman–Crippen LogP) is 4.08. The summed E-state index contributed by atoms with van der Waals surface area (Å²) >= 11 is 0. The monoisotopic (exact) mass is 250 g/mol. The number of methoxy groups -OCH3 is 1. The molecule has 0 atom stereocenters. The summed E-state index contributed by atoms with van der Waals surface area (Å²) in [4.78, 5) is 0. The summed E-state index contributed by atoms with van der Waals surface area (Å²) in [5.41, 5.74) is 6.88. The molecule has 3 rings (SSSR count). The highest BCUT2D eigenvalue weighted by atomic mass is 16.5. The Morgan fingerprint density at radius 3 is 2.42 bits per heavy atom. The Morgan fingerprint density at radius 1 is 0.895 bits per heavy atom. The molecule has 19 heavy (non-hydrogen) atoms. The van der Waals surface area contributed by atoms with Gasteiger partial charge in [0, 0.05) is 7.11 Å². The van der Waals surface area contributed by atoms with Gasteiger partial charge >= 0.3 is 0 Å². The van der Waals surface area contributed by atoms with Crippen LogP contribution in [0.4, 0.5) is 0 Å². The molecule has 0 heterocycles. The van der Waals surface area contributed by atoms with E-state index in [4.69, 9.17) is 4.74 Å². The van der Waals surface area contributed by atoms with Crippen molar-refractivity contribution in [3.8, 4) is 0 Å². The Hall–Kier alpha value is -1.86. The summed E-state index contributed by atoms with van der Waals surface area (Å²) in [5, 5.41) is 0. The highest BCUT2D eigenvalue weighted by Crippen LogP contribution is 2.35. The molecule has 1 aliphatic rings. The van der Waals surface area contributed by atoms with Gasteiger partial charge in [-0.05, 0) is 40.7 Å². The molecule has 1 heteroatoms. The molecule has 0 saturated heterocycles.